The summed E-state index contributed by atoms with van der Waals surface area (Å²) < 4.78 is 13.1. The van der Waals surface area contributed by atoms with E-state index in [2.05, 4.69) is 5.32 Å². The maximum absolute atomic E-state index is 13.1. The minimum atomic E-state index is -0.272. The van der Waals surface area contributed by atoms with E-state index in [1.54, 1.807) is 35.2 Å². The first-order chi connectivity index (χ1) is 11.6. The summed E-state index contributed by atoms with van der Waals surface area (Å²) in [6.45, 7) is 1.17. The van der Waals surface area contributed by atoms with Crippen molar-refractivity contribution in [2.75, 3.05) is 18.0 Å². The molecule has 1 aliphatic heterocycles. The Kier molecular flexibility index (Phi) is 4.89. The first kappa shape index (κ1) is 16.2. The van der Waals surface area contributed by atoms with Crippen molar-refractivity contribution in [1.29, 1.82) is 0 Å². The lowest BCUT2D eigenvalue weighted by Gasteiger charge is -2.15. The first-order valence-electron chi connectivity index (χ1n) is 8.06. The second kappa shape index (κ2) is 7.25. The highest BCUT2D eigenvalue weighted by atomic mass is 19.1. The third kappa shape index (κ3) is 3.79. The van der Waals surface area contributed by atoms with Gasteiger partial charge in [-0.3, -0.25) is 9.59 Å². The Bertz CT molecular complexity index is 743. The largest absolute Gasteiger partial charge is 0.352 e. The van der Waals surface area contributed by atoms with Crippen molar-refractivity contribution < 1.29 is 14.0 Å². The molecule has 0 radical (unpaired) electrons. The highest BCUT2D eigenvalue weighted by Gasteiger charge is 2.21. The van der Waals surface area contributed by atoms with Gasteiger partial charge >= 0.3 is 0 Å². The van der Waals surface area contributed by atoms with E-state index in [1.165, 1.54) is 12.1 Å². The van der Waals surface area contributed by atoms with Crippen LogP contribution in [0.3, 0.4) is 0 Å². The number of carbonyl (C=O) groups excluding carboxylic acids is 2. The van der Waals surface area contributed by atoms with Crippen LogP contribution in [-0.2, 0) is 11.2 Å². The number of amides is 2. The Morgan fingerprint density at radius 1 is 1.17 bits per heavy atom. The zero-order valence-electron chi connectivity index (χ0n) is 13.3. The molecule has 1 heterocycles. The Labute approximate surface area is 140 Å². The van der Waals surface area contributed by atoms with Crippen molar-refractivity contribution in [3.8, 4) is 0 Å². The van der Waals surface area contributed by atoms with Crippen LogP contribution in [0.5, 0.6) is 0 Å². The molecule has 0 aliphatic carbocycles. The Morgan fingerprint density at radius 2 is 1.96 bits per heavy atom. The van der Waals surface area contributed by atoms with Gasteiger partial charge in [0.2, 0.25) is 5.91 Å². The van der Waals surface area contributed by atoms with Crippen LogP contribution in [0.1, 0.15) is 28.8 Å². The zero-order valence-corrected chi connectivity index (χ0v) is 13.3. The molecule has 1 saturated heterocycles. The van der Waals surface area contributed by atoms with Gasteiger partial charge in [-0.05, 0) is 54.8 Å². The van der Waals surface area contributed by atoms with Gasteiger partial charge in [0.05, 0.1) is 0 Å². The second-order valence-electron chi connectivity index (χ2n) is 5.83. The first-order valence-corrected chi connectivity index (χ1v) is 8.06. The molecule has 0 aromatic heterocycles. The molecule has 124 valence electrons. The summed E-state index contributed by atoms with van der Waals surface area (Å²) in [6, 6.07) is 13.4. The lowest BCUT2D eigenvalue weighted by molar-refractivity contribution is -0.117. The van der Waals surface area contributed by atoms with Crippen molar-refractivity contribution in [3.05, 3.63) is 65.5 Å². The molecule has 4 nitrogen and oxygen atoms in total. The number of halogens is 1. The standard InChI is InChI=1S/C19H19FN2O2/c20-16-4-1-3-14(13-16)10-11-21-19(24)15-6-8-17(9-7-15)22-12-2-5-18(22)23/h1,3-4,6-9,13H,2,5,10-12H2,(H,21,24). The average molecular weight is 326 g/mol. The number of rotatable bonds is 5. The highest BCUT2D eigenvalue weighted by molar-refractivity contribution is 5.97. The molecule has 3 rings (SSSR count). The summed E-state index contributed by atoms with van der Waals surface area (Å²) in [5.41, 5.74) is 2.22. The van der Waals surface area contributed by atoms with Crippen LogP contribution < -0.4 is 10.2 Å². The molecule has 0 bridgehead atoms. The van der Waals surface area contributed by atoms with E-state index in [9.17, 15) is 14.0 Å². The molecule has 2 amide bonds. The molecule has 1 N–H and O–H groups in total. The summed E-state index contributed by atoms with van der Waals surface area (Å²) >= 11 is 0. The molecule has 0 unspecified atom stereocenters. The van der Waals surface area contributed by atoms with Gasteiger partial charge in [-0.2, -0.15) is 0 Å². The molecule has 2 aromatic carbocycles. The van der Waals surface area contributed by atoms with Crippen LogP contribution in [0, 0.1) is 5.82 Å². The monoisotopic (exact) mass is 326 g/mol. The third-order valence-corrected chi connectivity index (χ3v) is 4.10. The fraction of sp³-hybridized carbons (Fsp3) is 0.263. The second-order valence-corrected chi connectivity index (χ2v) is 5.83. The summed E-state index contributed by atoms with van der Waals surface area (Å²) in [7, 11) is 0. The highest BCUT2D eigenvalue weighted by Crippen LogP contribution is 2.21. The van der Waals surface area contributed by atoms with Gasteiger partial charge in [0.25, 0.3) is 5.91 Å². The molecule has 0 saturated carbocycles. The van der Waals surface area contributed by atoms with E-state index < -0.39 is 0 Å². The normalized spacial score (nSPS) is 14.0. The summed E-state index contributed by atoms with van der Waals surface area (Å²) in [4.78, 5) is 25.6. The summed E-state index contributed by atoms with van der Waals surface area (Å²) in [6.07, 6.45) is 2.04. The molecule has 0 atom stereocenters. The molecule has 1 fully saturated rings. The lowest BCUT2D eigenvalue weighted by Crippen LogP contribution is -2.26. The molecule has 0 spiro atoms. The fourth-order valence-electron chi connectivity index (χ4n) is 2.83. The van der Waals surface area contributed by atoms with Crippen LogP contribution in [0.15, 0.2) is 48.5 Å². The van der Waals surface area contributed by atoms with E-state index in [4.69, 9.17) is 0 Å². The van der Waals surface area contributed by atoms with Crippen molar-refractivity contribution in [2.24, 2.45) is 0 Å². The van der Waals surface area contributed by atoms with Gasteiger partial charge in [0, 0.05) is 30.8 Å². The van der Waals surface area contributed by atoms with E-state index in [0.29, 0.717) is 24.9 Å². The number of carbonyl (C=O) groups is 2. The number of nitrogens with zero attached hydrogens (tertiary/aromatic N) is 1. The lowest BCUT2D eigenvalue weighted by atomic mass is 10.1. The Balaban J connectivity index is 1.54. The van der Waals surface area contributed by atoms with Gasteiger partial charge in [0.1, 0.15) is 5.82 Å². The van der Waals surface area contributed by atoms with Crippen LogP contribution >= 0.6 is 0 Å². The Morgan fingerprint density at radius 3 is 2.62 bits per heavy atom. The van der Waals surface area contributed by atoms with Crippen molar-refractivity contribution in [1.82, 2.24) is 5.32 Å². The van der Waals surface area contributed by atoms with Gasteiger partial charge in [-0.1, -0.05) is 12.1 Å². The summed E-state index contributed by atoms with van der Waals surface area (Å²) in [5, 5.41) is 2.82. The van der Waals surface area contributed by atoms with E-state index in [0.717, 1.165) is 24.2 Å². The minimum absolute atomic E-state index is 0.127. The number of hydrogen-bond acceptors (Lipinski definition) is 2. The predicted octanol–water partition coefficient (Wildman–Crippen LogP) is 2.93. The quantitative estimate of drug-likeness (QED) is 0.918. The molecule has 24 heavy (non-hydrogen) atoms. The van der Waals surface area contributed by atoms with Crippen molar-refractivity contribution in [3.63, 3.8) is 0 Å². The van der Waals surface area contributed by atoms with Gasteiger partial charge in [-0.25, -0.2) is 4.39 Å². The minimum Gasteiger partial charge on any atom is -0.352 e. The number of nitrogens with one attached hydrogen (secondary N) is 1. The molecule has 2 aromatic rings. The van der Waals surface area contributed by atoms with Crippen molar-refractivity contribution >= 4 is 17.5 Å². The fourth-order valence-corrected chi connectivity index (χ4v) is 2.83. The SMILES string of the molecule is O=C(NCCc1cccc(F)c1)c1ccc(N2CCCC2=O)cc1. The van der Waals surface area contributed by atoms with Crippen molar-refractivity contribution in [2.45, 2.75) is 19.3 Å². The average Bonchev–Trinajstić information content (AvgIpc) is 3.01. The predicted molar refractivity (Wildman–Crippen MR) is 90.5 cm³/mol. The maximum atomic E-state index is 13.1. The number of hydrogen-bond donors (Lipinski definition) is 1. The van der Waals surface area contributed by atoms with E-state index in [1.807, 2.05) is 6.07 Å². The molecular formula is C19H19FN2O2. The van der Waals surface area contributed by atoms with E-state index >= 15 is 0 Å². The molecule has 5 heteroatoms. The van der Waals surface area contributed by atoms with E-state index in [-0.39, 0.29) is 17.6 Å². The smallest absolute Gasteiger partial charge is 0.251 e. The summed E-state index contributed by atoms with van der Waals surface area (Å²) in [5.74, 6) is -0.320. The number of anilines is 1. The van der Waals surface area contributed by atoms with Crippen LogP contribution in [0.2, 0.25) is 0 Å². The molecule has 1 aliphatic rings. The molecular weight excluding hydrogens is 307 g/mol. The van der Waals surface area contributed by atoms with Gasteiger partial charge in [0.15, 0.2) is 0 Å². The van der Waals surface area contributed by atoms with Crippen LogP contribution in [-0.4, -0.2) is 24.9 Å². The van der Waals surface area contributed by atoms with Gasteiger partial charge in [-0.15, -0.1) is 0 Å². The van der Waals surface area contributed by atoms with Crippen LogP contribution in [0.25, 0.3) is 0 Å². The Hall–Kier alpha value is -2.69. The van der Waals surface area contributed by atoms with Crippen LogP contribution in [0.4, 0.5) is 10.1 Å². The number of benzene rings is 2. The third-order valence-electron chi connectivity index (χ3n) is 4.10. The maximum Gasteiger partial charge on any atom is 0.251 e. The topological polar surface area (TPSA) is 49.4 Å². The van der Waals surface area contributed by atoms with Gasteiger partial charge < -0.3 is 10.2 Å². The zero-order chi connectivity index (χ0) is 16.9.